The van der Waals surface area contributed by atoms with Crippen LogP contribution in [0, 0.1) is 0 Å². The molecule has 52 valence electrons. The maximum atomic E-state index is 4.35. The summed E-state index contributed by atoms with van der Waals surface area (Å²) in [6, 6.07) is 0. The monoisotopic (exact) mass is 152 g/mol. The summed E-state index contributed by atoms with van der Waals surface area (Å²) in [4.78, 5) is 6.48. The van der Waals surface area contributed by atoms with E-state index >= 15 is 0 Å². The summed E-state index contributed by atoms with van der Waals surface area (Å²) < 4.78 is 0. The third-order valence-corrected chi connectivity index (χ3v) is 2.31. The number of hydrogen-bond acceptors (Lipinski definition) is 3. The average molecular weight is 152 g/mol. The van der Waals surface area contributed by atoms with E-state index in [0.717, 1.165) is 17.4 Å². The van der Waals surface area contributed by atoms with E-state index in [1.807, 2.05) is 6.92 Å². The minimum atomic E-state index is 0.980. The summed E-state index contributed by atoms with van der Waals surface area (Å²) in [6.07, 6.45) is 4.19. The van der Waals surface area contributed by atoms with Crippen LogP contribution in [0.2, 0.25) is 0 Å². The Labute approximate surface area is 64.3 Å². The fourth-order valence-electron chi connectivity index (χ4n) is 0.953. The summed E-state index contributed by atoms with van der Waals surface area (Å²) in [5.74, 6) is 0. The van der Waals surface area contributed by atoms with E-state index in [2.05, 4.69) is 27.6 Å². The second-order valence-electron chi connectivity index (χ2n) is 2.30. The van der Waals surface area contributed by atoms with Gasteiger partial charge in [-0.15, -0.1) is 0 Å². The smallest absolute Gasteiger partial charge is 0.172 e. The van der Waals surface area contributed by atoms with Crippen LogP contribution < -0.4 is 0 Å². The fraction of sp³-hybridized carbons (Fsp3) is 0.286. The SMILES string of the molecule is CC1=CCN2C=CSC2=N1. The van der Waals surface area contributed by atoms with Crippen molar-refractivity contribution in [2.75, 3.05) is 6.54 Å². The molecule has 0 N–H and O–H groups in total. The van der Waals surface area contributed by atoms with Crippen LogP contribution in [0.15, 0.2) is 28.4 Å². The molecule has 0 saturated heterocycles. The Hall–Kier alpha value is -0.700. The van der Waals surface area contributed by atoms with Crippen molar-refractivity contribution in [3.63, 3.8) is 0 Å². The second kappa shape index (κ2) is 2.16. The molecule has 0 amide bonds. The number of allylic oxidation sites excluding steroid dienone is 1. The molecule has 0 aromatic heterocycles. The van der Waals surface area contributed by atoms with E-state index in [0.29, 0.717) is 0 Å². The van der Waals surface area contributed by atoms with Crippen LogP contribution in [0.25, 0.3) is 0 Å². The first kappa shape index (κ1) is 6.04. The summed E-state index contributed by atoms with van der Waals surface area (Å²) in [5, 5.41) is 3.17. The van der Waals surface area contributed by atoms with Gasteiger partial charge < -0.3 is 4.90 Å². The van der Waals surface area contributed by atoms with Crippen molar-refractivity contribution >= 4 is 16.9 Å². The normalized spacial score (nSPS) is 22.3. The summed E-state index contributed by atoms with van der Waals surface area (Å²) in [7, 11) is 0. The number of fused-ring (bicyclic) bond motifs is 1. The van der Waals surface area contributed by atoms with Crippen molar-refractivity contribution in [1.82, 2.24) is 4.90 Å². The average Bonchev–Trinajstić information content (AvgIpc) is 2.33. The zero-order valence-electron chi connectivity index (χ0n) is 5.74. The molecule has 0 aromatic carbocycles. The van der Waals surface area contributed by atoms with Gasteiger partial charge in [0.15, 0.2) is 5.17 Å². The van der Waals surface area contributed by atoms with Crippen LogP contribution in [-0.2, 0) is 0 Å². The Bertz CT molecular complexity index is 240. The van der Waals surface area contributed by atoms with Gasteiger partial charge in [0, 0.05) is 18.4 Å². The van der Waals surface area contributed by atoms with Crippen LogP contribution in [-0.4, -0.2) is 16.6 Å². The standard InChI is InChI=1S/C7H8N2S/c1-6-2-3-9-4-5-10-7(9)8-6/h2,4-5H,3H2,1H3. The second-order valence-corrected chi connectivity index (χ2v) is 3.17. The van der Waals surface area contributed by atoms with Crippen molar-refractivity contribution in [2.24, 2.45) is 4.99 Å². The molecule has 2 aliphatic rings. The van der Waals surface area contributed by atoms with Gasteiger partial charge in [0.1, 0.15) is 0 Å². The zero-order valence-corrected chi connectivity index (χ0v) is 6.56. The Morgan fingerprint density at radius 2 is 2.60 bits per heavy atom. The minimum absolute atomic E-state index is 0.980. The molecule has 0 aliphatic carbocycles. The largest absolute Gasteiger partial charge is 0.323 e. The van der Waals surface area contributed by atoms with E-state index in [1.54, 1.807) is 11.8 Å². The van der Waals surface area contributed by atoms with Crippen LogP contribution in [0.4, 0.5) is 0 Å². The molecular formula is C7H8N2S. The predicted octanol–water partition coefficient (Wildman–Crippen LogP) is 1.78. The molecule has 0 bridgehead atoms. The first-order chi connectivity index (χ1) is 4.86. The molecule has 0 atom stereocenters. The lowest BCUT2D eigenvalue weighted by Gasteiger charge is -2.17. The summed E-state index contributed by atoms with van der Waals surface area (Å²) in [6.45, 7) is 3.01. The van der Waals surface area contributed by atoms with Crippen molar-refractivity contribution in [3.8, 4) is 0 Å². The number of amidine groups is 1. The van der Waals surface area contributed by atoms with Crippen molar-refractivity contribution in [1.29, 1.82) is 0 Å². The number of hydrogen-bond donors (Lipinski definition) is 0. The van der Waals surface area contributed by atoms with Gasteiger partial charge in [-0.1, -0.05) is 11.8 Å². The molecule has 0 aromatic rings. The molecule has 0 fully saturated rings. The number of aliphatic imine (C=N–C) groups is 1. The van der Waals surface area contributed by atoms with Crippen LogP contribution in [0.5, 0.6) is 0 Å². The van der Waals surface area contributed by atoms with Gasteiger partial charge in [-0.3, -0.25) is 0 Å². The molecule has 0 spiro atoms. The highest BCUT2D eigenvalue weighted by Crippen LogP contribution is 2.23. The Morgan fingerprint density at radius 1 is 1.70 bits per heavy atom. The van der Waals surface area contributed by atoms with Crippen molar-refractivity contribution in [3.05, 3.63) is 23.4 Å². The van der Waals surface area contributed by atoms with Crippen molar-refractivity contribution < 1.29 is 0 Å². The molecule has 0 saturated carbocycles. The van der Waals surface area contributed by atoms with E-state index < -0.39 is 0 Å². The van der Waals surface area contributed by atoms with Gasteiger partial charge in [0.05, 0.1) is 0 Å². The van der Waals surface area contributed by atoms with Gasteiger partial charge in [0.25, 0.3) is 0 Å². The highest BCUT2D eigenvalue weighted by atomic mass is 32.2. The Morgan fingerprint density at radius 3 is 3.50 bits per heavy atom. The maximum Gasteiger partial charge on any atom is 0.172 e. The van der Waals surface area contributed by atoms with E-state index in [1.165, 1.54) is 0 Å². The molecule has 2 nitrogen and oxygen atoms in total. The topological polar surface area (TPSA) is 15.6 Å². The third kappa shape index (κ3) is 0.865. The zero-order chi connectivity index (χ0) is 6.97. The lowest BCUT2D eigenvalue weighted by molar-refractivity contribution is 0.627. The van der Waals surface area contributed by atoms with E-state index in [4.69, 9.17) is 0 Å². The minimum Gasteiger partial charge on any atom is -0.323 e. The highest BCUT2D eigenvalue weighted by molar-refractivity contribution is 8.16. The lowest BCUT2D eigenvalue weighted by Crippen LogP contribution is -2.22. The number of rotatable bonds is 0. The van der Waals surface area contributed by atoms with Gasteiger partial charge in [-0.05, 0) is 18.4 Å². The number of nitrogens with zero attached hydrogens (tertiary/aromatic N) is 2. The fourth-order valence-corrected chi connectivity index (χ4v) is 1.75. The van der Waals surface area contributed by atoms with Crippen LogP contribution >= 0.6 is 11.8 Å². The number of thioether (sulfide) groups is 1. The van der Waals surface area contributed by atoms with Crippen LogP contribution in [0.3, 0.4) is 0 Å². The van der Waals surface area contributed by atoms with E-state index in [9.17, 15) is 0 Å². The summed E-state index contributed by atoms with van der Waals surface area (Å²) in [5.41, 5.74) is 1.13. The lowest BCUT2D eigenvalue weighted by atomic mass is 10.4. The maximum absolute atomic E-state index is 4.35. The predicted molar refractivity (Wildman–Crippen MR) is 44.6 cm³/mol. The Balaban J connectivity index is 2.29. The van der Waals surface area contributed by atoms with Gasteiger partial charge in [-0.25, -0.2) is 4.99 Å². The van der Waals surface area contributed by atoms with E-state index in [-0.39, 0.29) is 0 Å². The third-order valence-electron chi connectivity index (χ3n) is 1.52. The molecule has 2 heterocycles. The molecule has 0 unspecified atom stereocenters. The first-order valence-corrected chi connectivity index (χ1v) is 4.09. The molecule has 3 heteroatoms. The molecular weight excluding hydrogens is 144 g/mol. The van der Waals surface area contributed by atoms with Gasteiger partial charge >= 0.3 is 0 Å². The molecule has 2 rings (SSSR count). The molecule has 2 aliphatic heterocycles. The first-order valence-electron chi connectivity index (χ1n) is 3.22. The Kier molecular flexibility index (Phi) is 1.31. The quantitative estimate of drug-likeness (QED) is 0.526. The van der Waals surface area contributed by atoms with Gasteiger partial charge in [-0.2, -0.15) is 0 Å². The summed E-state index contributed by atoms with van der Waals surface area (Å²) >= 11 is 1.68. The molecule has 10 heavy (non-hydrogen) atoms. The van der Waals surface area contributed by atoms with Crippen molar-refractivity contribution in [2.45, 2.75) is 6.92 Å². The van der Waals surface area contributed by atoms with Crippen LogP contribution in [0.1, 0.15) is 6.92 Å². The van der Waals surface area contributed by atoms with Gasteiger partial charge in [0.2, 0.25) is 0 Å². The molecule has 0 radical (unpaired) electrons. The highest BCUT2D eigenvalue weighted by Gasteiger charge is 2.15.